The second-order valence-electron chi connectivity index (χ2n) is 3.36. The van der Waals surface area contributed by atoms with Crippen LogP contribution in [0.5, 0.6) is 0 Å². The largest absolute Gasteiger partial charge is 0.376 e. The first-order chi connectivity index (χ1) is 6.84. The highest BCUT2D eigenvalue weighted by atomic mass is 35.5. The Bertz CT molecular complexity index is 300. The summed E-state index contributed by atoms with van der Waals surface area (Å²) in [4.78, 5) is 4.13. The number of anilines is 1. The van der Waals surface area contributed by atoms with Crippen molar-refractivity contribution < 1.29 is 4.74 Å². The van der Waals surface area contributed by atoms with Crippen LogP contribution in [-0.4, -0.2) is 24.2 Å². The van der Waals surface area contributed by atoms with Gasteiger partial charge >= 0.3 is 0 Å². The summed E-state index contributed by atoms with van der Waals surface area (Å²) < 4.78 is 5.48. The van der Waals surface area contributed by atoms with Gasteiger partial charge in [-0.15, -0.1) is 0 Å². The number of nitrogens with one attached hydrogen (secondary N) is 1. The van der Waals surface area contributed by atoms with E-state index in [0.717, 1.165) is 31.8 Å². The minimum Gasteiger partial charge on any atom is -0.376 e. The molecule has 2 heterocycles. The van der Waals surface area contributed by atoms with E-state index in [0.29, 0.717) is 11.3 Å². The van der Waals surface area contributed by atoms with Crippen molar-refractivity contribution in [3.05, 3.63) is 23.4 Å². The zero-order valence-electron chi connectivity index (χ0n) is 7.87. The summed E-state index contributed by atoms with van der Waals surface area (Å²) >= 11 is 5.76. The third-order valence-corrected chi connectivity index (χ3v) is 2.46. The lowest BCUT2D eigenvalue weighted by Crippen LogP contribution is -2.18. The summed E-state index contributed by atoms with van der Waals surface area (Å²) in [5, 5.41) is 3.72. The van der Waals surface area contributed by atoms with Crippen molar-refractivity contribution in [2.24, 2.45) is 0 Å². The molecular formula is C10H13ClN2O. The van der Waals surface area contributed by atoms with Gasteiger partial charge < -0.3 is 10.1 Å². The number of hydrogen-bond donors (Lipinski definition) is 1. The molecule has 0 saturated carbocycles. The maximum atomic E-state index is 5.76. The van der Waals surface area contributed by atoms with Crippen molar-refractivity contribution in [1.29, 1.82) is 0 Å². The average molecular weight is 213 g/mol. The minimum atomic E-state index is 0.329. The Morgan fingerprint density at radius 1 is 1.57 bits per heavy atom. The lowest BCUT2D eigenvalue weighted by molar-refractivity contribution is 0.120. The van der Waals surface area contributed by atoms with E-state index in [9.17, 15) is 0 Å². The number of hydrogen-bond acceptors (Lipinski definition) is 3. The average Bonchev–Trinajstić information content (AvgIpc) is 2.67. The SMILES string of the molecule is Clc1cccc(NC[C@@H]2CCCO2)n1. The Kier molecular flexibility index (Phi) is 3.22. The molecule has 0 aromatic carbocycles. The molecule has 0 aliphatic carbocycles. The normalized spacial score (nSPS) is 21.1. The molecule has 1 aliphatic heterocycles. The third-order valence-electron chi connectivity index (χ3n) is 2.25. The summed E-state index contributed by atoms with van der Waals surface area (Å²) in [6, 6.07) is 5.55. The van der Waals surface area contributed by atoms with E-state index in [-0.39, 0.29) is 0 Å². The lowest BCUT2D eigenvalue weighted by atomic mass is 10.2. The molecule has 0 amide bonds. The molecule has 1 aromatic rings. The zero-order chi connectivity index (χ0) is 9.80. The standard InChI is InChI=1S/C10H13ClN2O/c11-9-4-1-5-10(13-9)12-7-8-3-2-6-14-8/h1,4-5,8H,2-3,6-7H2,(H,12,13)/t8-/m0/s1. The van der Waals surface area contributed by atoms with Gasteiger partial charge in [0, 0.05) is 13.2 Å². The van der Waals surface area contributed by atoms with Crippen molar-refractivity contribution in [2.45, 2.75) is 18.9 Å². The Labute approximate surface area is 88.4 Å². The van der Waals surface area contributed by atoms with E-state index in [4.69, 9.17) is 16.3 Å². The maximum absolute atomic E-state index is 5.76. The number of pyridine rings is 1. The fourth-order valence-corrected chi connectivity index (χ4v) is 1.69. The van der Waals surface area contributed by atoms with Crippen molar-refractivity contribution in [2.75, 3.05) is 18.5 Å². The molecule has 3 nitrogen and oxygen atoms in total. The van der Waals surface area contributed by atoms with Gasteiger partial charge in [0.25, 0.3) is 0 Å². The monoisotopic (exact) mass is 212 g/mol. The Morgan fingerprint density at radius 2 is 2.50 bits per heavy atom. The number of ether oxygens (including phenoxy) is 1. The van der Waals surface area contributed by atoms with Gasteiger partial charge in [0.1, 0.15) is 11.0 Å². The van der Waals surface area contributed by atoms with Crippen LogP contribution in [0.2, 0.25) is 5.15 Å². The Balaban J connectivity index is 1.85. The van der Waals surface area contributed by atoms with Crippen LogP contribution in [-0.2, 0) is 4.74 Å². The molecule has 0 bridgehead atoms. The van der Waals surface area contributed by atoms with Crippen molar-refractivity contribution in [3.63, 3.8) is 0 Å². The lowest BCUT2D eigenvalue weighted by Gasteiger charge is -2.10. The first kappa shape index (κ1) is 9.74. The molecule has 76 valence electrons. The predicted molar refractivity (Wildman–Crippen MR) is 56.7 cm³/mol. The van der Waals surface area contributed by atoms with Crippen LogP contribution in [0.1, 0.15) is 12.8 Å². The van der Waals surface area contributed by atoms with Crippen LogP contribution >= 0.6 is 11.6 Å². The fourth-order valence-electron chi connectivity index (χ4n) is 1.53. The van der Waals surface area contributed by atoms with Gasteiger partial charge in [-0.25, -0.2) is 4.98 Å². The number of rotatable bonds is 3. The zero-order valence-corrected chi connectivity index (χ0v) is 8.63. The molecule has 0 spiro atoms. The van der Waals surface area contributed by atoms with Crippen molar-refractivity contribution >= 4 is 17.4 Å². The van der Waals surface area contributed by atoms with E-state index >= 15 is 0 Å². The molecule has 1 saturated heterocycles. The molecular weight excluding hydrogens is 200 g/mol. The van der Waals surface area contributed by atoms with Crippen LogP contribution in [0.25, 0.3) is 0 Å². The molecule has 1 fully saturated rings. The van der Waals surface area contributed by atoms with Gasteiger partial charge in [-0.3, -0.25) is 0 Å². The van der Waals surface area contributed by atoms with Gasteiger partial charge in [-0.2, -0.15) is 0 Å². The first-order valence-electron chi connectivity index (χ1n) is 4.82. The van der Waals surface area contributed by atoms with Gasteiger partial charge in [0.05, 0.1) is 6.10 Å². The van der Waals surface area contributed by atoms with Crippen molar-refractivity contribution in [3.8, 4) is 0 Å². The van der Waals surface area contributed by atoms with Crippen LogP contribution < -0.4 is 5.32 Å². The minimum absolute atomic E-state index is 0.329. The number of halogens is 1. The van der Waals surface area contributed by atoms with Gasteiger partial charge in [0.2, 0.25) is 0 Å². The topological polar surface area (TPSA) is 34.1 Å². The molecule has 1 aromatic heterocycles. The molecule has 1 atom stereocenters. The van der Waals surface area contributed by atoms with Crippen LogP contribution in [0.4, 0.5) is 5.82 Å². The van der Waals surface area contributed by atoms with E-state index in [1.165, 1.54) is 0 Å². The molecule has 0 unspecified atom stereocenters. The van der Waals surface area contributed by atoms with E-state index in [1.807, 2.05) is 12.1 Å². The predicted octanol–water partition coefficient (Wildman–Crippen LogP) is 2.33. The molecule has 4 heteroatoms. The second kappa shape index (κ2) is 4.62. The summed E-state index contributed by atoms with van der Waals surface area (Å²) in [6.07, 6.45) is 2.62. The van der Waals surface area contributed by atoms with E-state index < -0.39 is 0 Å². The second-order valence-corrected chi connectivity index (χ2v) is 3.75. The molecule has 14 heavy (non-hydrogen) atoms. The number of aromatic nitrogens is 1. The summed E-state index contributed by atoms with van der Waals surface area (Å²) in [5.74, 6) is 0.813. The number of nitrogens with zero attached hydrogens (tertiary/aromatic N) is 1. The Morgan fingerprint density at radius 3 is 3.21 bits per heavy atom. The maximum Gasteiger partial charge on any atom is 0.131 e. The summed E-state index contributed by atoms with van der Waals surface area (Å²) in [7, 11) is 0. The quantitative estimate of drug-likeness (QED) is 0.781. The van der Waals surface area contributed by atoms with Gasteiger partial charge in [0.15, 0.2) is 0 Å². The van der Waals surface area contributed by atoms with Crippen LogP contribution in [0.15, 0.2) is 18.2 Å². The molecule has 1 aliphatic rings. The smallest absolute Gasteiger partial charge is 0.131 e. The molecule has 2 rings (SSSR count). The highest BCUT2D eigenvalue weighted by Crippen LogP contribution is 2.14. The van der Waals surface area contributed by atoms with E-state index in [2.05, 4.69) is 10.3 Å². The molecule has 1 N–H and O–H groups in total. The summed E-state index contributed by atoms with van der Waals surface area (Å²) in [6.45, 7) is 1.70. The summed E-state index contributed by atoms with van der Waals surface area (Å²) in [5.41, 5.74) is 0. The van der Waals surface area contributed by atoms with Gasteiger partial charge in [-0.05, 0) is 25.0 Å². The van der Waals surface area contributed by atoms with Crippen molar-refractivity contribution in [1.82, 2.24) is 4.98 Å². The highest BCUT2D eigenvalue weighted by molar-refractivity contribution is 6.29. The Hall–Kier alpha value is -0.800. The van der Waals surface area contributed by atoms with Crippen LogP contribution in [0, 0.1) is 0 Å². The molecule has 0 radical (unpaired) electrons. The van der Waals surface area contributed by atoms with Crippen LogP contribution in [0.3, 0.4) is 0 Å². The highest BCUT2D eigenvalue weighted by Gasteiger charge is 2.14. The third kappa shape index (κ3) is 2.59. The van der Waals surface area contributed by atoms with Gasteiger partial charge in [-0.1, -0.05) is 17.7 Å². The van der Waals surface area contributed by atoms with E-state index in [1.54, 1.807) is 6.07 Å². The fraction of sp³-hybridized carbons (Fsp3) is 0.500. The first-order valence-corrected chi connectivity index (χ1v) is 5.20.